The summed E-state index contributed by atoms with van der Waals surface area (Å²) < 4.78 is 11.3. The number of aromatic hydroxyl groups is 1. The van der Waals surface area contributed by atoms with Crippen LogP contribution in [0.2, 0.25) is 0 Å². The molecule has 0 aliphatic carbocycles. The number of fused-ring (bicyclic) bond motifs is 1. The minimum atomic E-state index is -0.122. The van der Waals surface area contributed by atoms with E-state index in [-0.39, 0.29) is 18.0 Å². The van der Waals surface area contributed by atoms with Crippen LogP contribution >= 0.6 is 0 Å². The lowest BCUT2D eigenvalue weighted by atomic mass is 10.1. The first-order valence-electron chi connectivity index (χ1n) is 10.1. The van der Waals surface area contributed by atoms with E-state index in [0.29, 0.717) is 47.9 Å². The lowest BCUT2D eigenvalue weighted by molar-refractivity contribution is 0.00530. The molecule has 2 fully saturated rings. The molecule has 4 rings (SSSR count). The Balaban J connectivity index is 1.76. The van der Waals surface area contributed by atoms with E-state index in [1.54, 1.807) is 24.4 Å². The molecule has 0 radical (unpaired) electrons. The summed E-state index contributed by atoms with van der Waals surface area (Å²) in [5, 5.41) is 22.3. The van der Waals surface area contributed by atoms with Gasteiger partial charge in [-0.15, -0.1) is 0 Å². The fourth-order valence-electron chi connectivity index (χ4n) is 3.84. The number of anilines is 1. The van der Waals surface area contributed by atoms with Gasteiger partial charge in [0.15, 0.2) is 0 Å². The first kappa shape index (κ1) is 19.6. The van der Waals surface area contributed by atoms with Crippen molar-refractivity contribution in [3.05, 3.63) is 30.1 Å². The minimum Gasteiger partial charge on any atom is -0.507 e. The van der Waals surface area contributed by atoms with E-state index in [1.165, 1.54) is 6.21 Å². The normalized spacial score (nSPS) is 23.2. The van der Waals surface area contributed by atoms with Crippen molar-refractivity contribution in [2.24, 2.45) is 0 Å². The van der Waals surface area contributed by atoms with Gasteiger partial charge in [0.05, 0.1) is 25.0 Å². The van der Waals surface area contributed by atoms with Crippen molar-refractivity contribution >= 4 is 28.6 Å². The van der Waals surface area contributed by atoms with E-state index < -0.39 is 0 Å². The zero-order chi connectivity index (χ0) is 20.2. The molecule has 2 atom stereocenters. The van der Waals surface area contributed by atoms with E-state index in [1.807, 2.05) is 0 Å². The number of hydrogen-bond donors (Lipinski definition) is 3. The molecule has 0 bridgehead atoms. The third-order valence-corrected chi connectivity index (χ3v) is 5.36. The molecule has 2 aromatic heterocycles. The van der Waals surface area contributed by atoms with Gasteiger partial charge in [0.25, 0.3) is 0 Å². The summed E-state index contributed by atoms with van der Waals surface area (Å²) in [7, 11) is 0. The fourth-order valence-corrected chi connectivity index (χ4v) is 3.84. The van der Waals surface area contributed by atoms with Crippen molar-refractivity contribution < 1.29 is 14.6 Å². The van der Waals surface area contributed by atoms with Crippen LogP contribution in [0, 0.1) is 5.41 Å². The second kappa shape index (κ2) is 8.75. The summed E-state index contributed by atoms with van der Waals surface area (Å²) in [6.07, 6.45) is 7.46. The van der Waals surface area contributed by atoms with Gasteiger partial charge in [-0.2, -0.15) is 0 Å². The summed E-state index contributed by atoms with van der Waals surface area (Å²) in [5.74, 6) is 0.860. The van der Waals surface area contributed by atoms with Crippen molar-refractivity contribution in [1.82, 2.24) is 15.3 Å². The Labute approximate surface area is 170 Å². The van der Waals surface area contributed by atoms with Crippen LogP contribution < -0.4 is 10.2 Å². The Morgan fingerprint density at radius 3 is 3.03 bits per heavy atom. The van der Waals surface area contributed by atoms with Crippen molar-refractivity contribution in [1.29, 1.82) is 5.41 Å². The monoisotopic (exact) mass is 397 g/mol. The molecule has 0 spiro atoms. The number of morpholine rings is 1. The number of ether oxygens (including phenoxy) is 2. The van der Waals surface area contributed by atoms with Crippen molar-refractivity contribution in [3.8, 4) is 5.75 Å². The number of allylic oxidation sites excluding steroid dienone is 1. The first-order valence-corrected chi connectivity index (χ1v) is 10.1. The van der Waals surface area contributed by atoms with Gasteiger partial charge in [-0.05, 0) is 38.3 Å². The average molecular weight is 397 g/mol. The second-order valence-electron chi connectivity index (χ2n) is 7.42. The second-order valence-corrected chi connectivity index (χ2v) is 7.42. The molecule has 8 heteroatoms. The van der Waals surface area contributed by atoms with Gasteiger partial charge < -0.3 is 30.2 Å². The lowest BCUT2D eigenvalue weighted by Gasteiger charge is -2.34. The summed E-state index contributed by atoms with van der Waals surface area (Å²) in [4.78, 5) is 11.5. The molecule has 2 aliphatic heterocycles. The number of nitrogens with one attached hydrogen (secondary N) is 2. The molecule has 4 heterocycles. The quantitative estimate of drug-likeness (QED) is 0.667. The molecule has 3 N–H and O–H groups in total. The van der Waals surface area contributed by atoms with Crippen LogP contribution in [0.5, 0.6) is 5.75 Å². The van der Waals surface area contributed by atoms with Crippen molar-refractivity contribution in [2.75, 3.05) is 31.3 Å². The molecule has 1 unspecified atom stereocenters. The van der Waals surface area contributed by atoms with E-state index in [2.05, 4.69) is 22.1 Å². The van der Waals surface area contributed by atoms with Gasteiger partial charge in [-0.3, -0.25) is 4.98 Å². The van der Waals surface area contributed by atoms with E-state index in [4.69, 9.17) is 19.9 Å². The molecular formula is C21H27N5O3. The van der Waals surface area contributed by atoms with Gasteiger partial charge in [0.2, 0.25) is 0 Å². The van der Waals surface area contributed by atoms with Crippen LogP contribution in [0.25, 0.3) is 16.6 Å². The summed E-state index contributed by atoms with van der Waals surface area (Å²) in [6, 6.07) is 3.62. The maximum Gasteiger partial charge on any atom is 0.133 e. The first-order chi connectivity index (χ1) is 14.2. The van der Waals surface area contributed by atoms with Crippen LogP contribution in [-0.4, -0.2) is 59.9 Å². The van der Waals surface area contributed by atoms with Gasteiger partial charge in [-0.1, -0.05) is 0 Å². The lowest BCUT2D eigenvalue weighted by Crippen LogP contribution is -2.44. The molecule has 154 valence electrons. The Hall–Kier alpha value is -2.71. The van der Waals surface area contributed by atoms with Crippen LogP contribution in [0.1, 0.15) is 31.9 Å². The van der Waals surface area contributed by atoms with Crippen LogP contribution in [0.15, 0.2) is 24.4 Å². The molecule has 2 aromatic rings. The molecule has 8 nitrogen and oxygen atoms in total. The molecule has 0 amide bonds. The largest absolute Gasteiger partial charge is 0.507 e. The maximum absolute atomic E-state index is 10.7. The highest BCUT2D eigenvalue weighted by molar-refractivity contribution is 5.96. The Morgan fingerprint density at radius 1 is 1.38 bits per heavy atom. The summed E-state index contributed by atoms with van der Waals surface area (Å²) >= 11 is 0. The third kappa shape index (κ3) is 4.18. The van der Waals surface area contributed by atoms with Crippen LogP contribution in [-0.2, 0) is 9.47 Å². The zero-order valence-electron chi connectivity index (χ0n) is 16.6. The number of pyridine rings is 2. The average Bonchev–Trinajstić information content (AvgIpc) is 2.74. The Morgan fingerprint density at radius 2 is 2.28 bits per heavy atom. The predicted octanol–water partition coefficient (Wildman–Crippen LogP) is 2.67. The smallest absolute Gasteiger partial charge is 0.133 e. The Bertz CT molecular complexity index is 911. The fraction of sp³-hybridized carbons (Fsp3) is 0.476. The van der Waals surface area contributed by atoms with E-state index in [0.717, 1.165) is 25.9 Å². The van der Waals surface area contributed by atoms with E-state index in [9.17, 15) is 5.11 Å². The summed E-state index contributed by atoms with van der Waals surface area (Å²) in [5.41, 5.74) is 1.85. The summed E-state index contributed by atoms with van der Waals surface area (Å²) in [6.45, 7) is 4.77. The van der Waals surface area contributed by atoms with E-state index >= 15 is 0 Å². The Kier molecular flexibility index (Phi) is 5.92. The predicted molar refractivity (Wildman–Crippen MR) is 112 cm³/mol. The highest BCUT2D eigenvalue weighted by Gasteiger charge is 2.23. The SMILES string of the molecule is C[C@@H]1COCCN1c1cc(O)c2ccnc(/C(=C/C=N)NC3CCCCO3)c2n1. The minimum absolute atomic E-state index is 0.122. The highest BCUT2D eigenvalue weighted by Crippen LogP contribution is 2.32. The standard InChI is InChI=1S/C21H27N5O3/c1-14-13-28-11-9-26(14)18-12-17(27)15-6-8-23-21(20(15)25-18)16(5-7-22)24-19-4-2-3-10-29-19/h5-8,12,14,19,22,24H,2-4,9-11,13H2,1H3,(H,25,27)/b16-5-,22-7?/t14-,19?/m1/s1. The molecule has 0 saturated carbocycles. The van der Waals surface area contributed by atoms with Crippen molar-refractivity contribution in [3.63, 3.8) is 0 Å². The molecule has 2 saturated heterocycles. The van der Waals surface area contributed by atoms with Crippen LogP contribution in [0.4, 0.5) is 5.82 Å². The number of hydrogen-bond acceptors (Lipinski definition) is 8. The number of nitrogens with zero attached hydrogens (tertiary/aromatic N) is 3. The number of rotatable bonds is 5. The molecule has 0 aromatic carbocycles. The number of aromatic nitrogens is 2. The van der Waals surface area contributed by atoms with Gasteiger partial charge in [0.1, 0.15) is 29.0 Å². The van der Waals surface area contributed by atoms with Gasteiger partial charge in [0, 0.05) is 37.0 Å². The van der Waals surface area contributed by atoms with Gasteiger partial charge >= 0.3 is 0 Å². The molecule has 2 aliphatic rings. The highest BCUT2D eigenvalue weighted by atomic mass is 16.5. The maximum atomic E-state index is 10.7. The van der Waals surface area contributed by atoms with Crippen molar-refractivity contribution in [2.45, 2.75) is 38.5 Å². The third-order valence-electron chi connectivity index (χ3n) is 5.36. The van der Waals surface area contributed by atoms with Gasteiger partial charge in [-0.25, -0.2) is 4.98 Å². The molecular weight excluding hydrogens is 370 g/mol. The zero-order valence-corrected chi connectivity index (χ0v) is 16.6. The topological polar surface area (TPSA) is 104 Å². The molecule has 29 heavy (non-hydrogen) atoms. The van der Waals surface area contributed by atoms with Crippen LogP contribution in [0.3, 0.4) is 0 Å².